The molecular formula is C15H19NO6. The second-order valence-corrected chi connectivity index (χ2v) is 5.86. The summed E-state index contributed by atoms with van der Waals surface area (Å²) >= 11 is 0. The van der Waals surface area contributed by atoms with Crippen LogP contribution < -0.4 is 0 Å². The van der Waals surface area contributed by atoms with Crippen LogP contribution in [0.25, 0.3) is 0 Å². The summed E-state index contributed by atoms with van der Waals surface area (Å²) in [6.07, 6.45) is 5.48. The van der Waals surface area contributed by atoms with Crippen LogP contribution in [-0.2, 0) is 24.0 Å². The number of carbonyl (C=O) groups excluding carboxylic acids is 4. The molecule has 0 saturated carbocycles. The SMILES string of the molecule is C[C@@]1(C=O)CC/C=C/[C@H](OC(=O)ON2C(=O)CCC2=O)CC1. The van der Waals surface area contributed by atoms with Crippen LogP contribution in [-0.4, -0.2) is 35.4 Å². The normalized spacial score (nSPS) is 30.4. The first kappa shape index (κ1) is 16.2. The number of aldehydes is 1. The van der Waals surface area contributed by atoms with Crippen molar-refractivity contribution >= 4 is 24.3 Å². The Morgan fingerprint density at radius 2 is 2.00 bits per heavy atom. The summed E-state index contributed by atoms with van der Waals surface area (Å²) < 4.78 is 5.11. The van der Waals surface area contributed by atoms with Crippen LogP contribution >= 0.6 is 0 Å². The summed E-state index contributed by atoms with van der Waals surface area (Å²) in [5.41, 5.74) is -0.433. The lowest BCUT2D eigenvalue weighted by Crippen LogP contribution is -2.34. The molecule has 0 spiro atoms. The summed E-state index contributed by atoms with van der Waals surface area (Å²) in [5, 5.41) is 0.449. The van der Waals surface area contributed by atoms with Crippen molar-refractivity contribution in [2.45, 2.75) is 51.6 Å². The van der Waals surface area contributed by atoms with Gasteiger partial charge in [-0.15, -0.1) is 0 Å². The molecule has 2 atom stereocenters. The lowest BCUT2D eigenvalue weighted by molar-refractivity contribution is -0.178. The van der Waals surface area contributed by atoms with E-state index in [0.717, 1.165) is 12.7 Å². The second kappa shape index (κ2) is 6.72. The van der Waals surface area contributed by atoms with Gasteiger partial charge in [-0.25, -0.2) is 4.79 Å². The maximum Gasteiger partial charge on any atom is 0.534 e. The number of nitrogens with zero attached hydrogens (tertiary/aromatic N) is 1. The molecule has 1 aliphatic carbocycles. The lowest BCUT2D eigenvalue weighted by Gasteiger charge is -2.26. The number of amides is 2. The summed E-state index contributed by atoms with van der Waals surface area (Å²) in [5.74, 6) is -1.10. The van der Waals surface area contributed by atoms with Gasteiger partial charge < -0.3 is 9.53 Å². The molecule has 22 heavy (non-hydrogen) atoms. The van der Waals surface area contributed by atoms with Crippen molar-refractivity contribution < 1.29 is 28.8 Å². The molecule has 0 bridgehead atoms. The highest BCUT2D eigenvalue weighted by Gasteiger charge is 2.34. The van der Waals surface area contributed by atoms with Gasteiger partial charge in [0, 0.05) is 18.3 Å². The number of rotatable bonds is 3. The molecule has 2 rings (SSSR count). The largest absolute Gasteiger partial charge is 0.534 e. The Morgan fingerprint density at radius 1 is 1.32 bits per heavy atom. The number of allylic oxidation sites excluding steroid dienone is 1. The maximum absolute atomic E-state index is 11.7. The highest BCUT2D eigenvalue weighted by Crippen LogP contribution is 2.30. The van der Waals surface area contributed by atoms with Crippen molar-refractivity contribution in [2.75, 3.05) is 0 Å². The third-order valence-corrected chi connectivity index (χ3v) is 3.94. The quantitative estimate of drug-likeness (QED) is 0.342. The molecule has 0 radical (unpaired) electrons. The van der Waals surface area contributed by atoms with E-state index >= 15 is 0 Å². The van der Waals surface area contributed by atoms with Gasteiger partial charge in [0.25, 0.3) is 11.8 Å². The first-order valence-corrected chi connectivity index (χ1v) is 7.31. The van der Waals surface area contributed by atoms with E-state index in [1.807, 2.05) is 13.0 Å². The molecule has 1 fully saturated rings. The number of hydroxylamine groups is 2. The van der Waals surface area contributed by atoms with Gasteiger partial charge >= 0.3 is 6.16 Å². The van der Waals surface area contributed by atoms with E-state index in [1.165, 1.54) is 0 Å². The number of ether oxygens (including phenoxy) is 1. The van der Waals surface area contributed by atoms with E-state index in [1.54, 1.807) is 6.08 Å². The van der Waals surface area contributed by atoms with E-state index in [9.17, 15) is 19.2 Å². The van der Waals surface area contributed by atoms with Crippen LogP contribution in [0.2, 0.25) is 0 Å². The van der Waals surface area contributed by atoms with Crippen LogP contribution in [0.1, 0.15) is 45.4 Å². The minimum Gasteiger partial charge on any atom is -0.425 e. The highest BCUT2D eigenvalue weighted by atomic mass is 16.8. The van der Waals surface area contributed by atoms with Gasteiger partial charge in [0.15, 0.2) is 0 Å². The number of imide groups is 1. The van der Waals surface area contributed by atoms with Crippen LogP contribution in [0.4, 0.5) is 4.79 Å². The van der Waals surface area contributed by atoms with Gasteiger partial charge in [0.05, 0.1) is 0 Å². The molecule has 7 nitrogen and oxygen atoms in total. The average molecular weight is 309 g/mol. The van der Waals surface area contributed by atoms with Crippen molar-refractivity contribution in [3.05, 3.63) is 12.2 Å². The van der Waals surface area contributed by atoms with E-state index in [2.05, 4.69) is 4.84 Å². The van der Waals surface area contributed by atoms with Crippen molar-refractivity contribution in [1.82, 2.24) is 5.06 Å². The minimum atomic E-state index is -1.09. The zero-order valence-corrected chi connectivity index (χ0v) is 12.4. The van der Waals surface area contributed by atoms with Crippen molar-refractivity contribution in [2.24, 2.45) is 5.41 Å². The molecule has 2 aliphatic rings. The minimum absolute atomic E-state index is 0.0349. The van der Waals surface area contributed by atoms with Crippen molar-refractivity contribution in [1.29, 1.82) is 0 Å². The fourth-order valence-corrected chi connectivity index (χ4v) is 2.45. The highest BCUT2D eigenvalue weighted by molar-refractivity contribution is 6.01. The Bertz CT molecular complexity index is 498. The monoisotopic (exact) mass is 309 g/mol. The molecular weight excluding hydrogens is 290 g/mol. The first-order valence-electron chi connectivity index (χ1n) is 7.31. The Morgan fingerprint density at radius 3 is 2.64 bits per heavy atom. The Balaban J connectivity index is 1.90. The van der Waals surface area contributed by atoms with Crippen molar-refractivity contribution in [3.8, 4) is 0 Å². The van der Waals surface area contributed by atoms with Crippen LogP contribution in [0, 0.1) is 5.41 Å². The van der Waals surface area contributed by atoms with Crippen LogP contribution in [0.3, 0.4) is 0 Å². The third kappa shape index (κ3) is 3.93. The fourth-order valence-electron chi connectivity index (χ4n) is 2.45. The molecule has 1 aliphatic heterocycles. The molecule has 0 aromatic rings. The molecule has 1 saturated heterocycles. The summed E-state index contributed by atoms with van der Waals surface area (Å²) in [4.78, 5) is 50.2. The molecule has 0 unspecified atom stereocenters. The van der Waals surface area contributed by atoms with Crippen LogP contribution in [0.15, 0.2) is 12.2 Å². The van der Waals surface area contributed by atoms with Crippen LogP contribution in [0.5, 0.6) is 0 Å². The summed E-state index contributed by atoms with van der Waals surface area (Å²) in [7, 11) is 0. The predicted molar refractivity (Wildman–Crippen MR) is 74.2 cm³/mol. The molecule has 0 aromatic carbocycles. The number of carbonyl (C=O) groups is 4. The van der Waals surface area contributed by atoms with E-state index in [0.29, 0.717) is 24.3 Å². The molecule has 1 heterocycles. The summed E-state index contributed by atoms with van der Waals surface area (Å²) in [6, 6.07) is 0. The lowest BCUT2D eigenvalue weighted by atomic mass is 9.80. The molecule has 120 valence electrons. The standard InChI is InChI=1S/C15H19NO6/c1-15(10-17)8-3-2-4-11(7-9-15)21-14(20)22-16-12(18)5-6-13(16)19/h2,4,10-11H,3,5-9H2,1H3/b4-2+/t11-,15+/m0/s1. The number of hydrogen-bond acceptors (Lipinski definition) is 6. The topological polar surface area (TPSA) is 90.0 Å². The Kier molecular flexibility index (Phi) is 4.95. The smallest absolute Gasteiger partial charge is 0.425 e. The van der Waals surface area contributed by atoms with E-state index in [4.69, 9.17) is 4.74 Å². The zero-order chi connectivity index (χ0) is 16.2. The van der Waals surface area contributed by atoms with Gasteiger partial charge in [-0.05, 0) is 31.8 Å². The zero-order valence-electron chi connectivity index (χ0n) is 12.4. The van der Waals surface area contributed by atoms with Crippen molar-refractivity contribution in [3.63, 3.8) is 0 Å². The molecule has 7 heteroatoms. The maximum atomic E-state index is 11.7. The van der Waals surface area contributed by atoms with Gasteiger partial charge in [-0.3, -0.25) is 14.4 Å². The van der Waals surface area contributed by atoms with Gasteiger partial charge in [-0.1, -0.05) is 18.1 Å². The Labute approximate surface area is 128 Å². The van der Waals surface area contributed by atoms with E-state index in [-0.39, 0.29) is 12.8 Å². The summed E-state index contributed by atoms with van der Waals surface area (Å²) in [6.45, 7) is 1.87. The molecule has 0 N–H and O–H groups in total. The first-order chi connectivity index (χ1) is 10.4. The fraction of sp³-hybridized carbons (Fsp3) is 0.600. The second-order valence-electron chi connectivity index (χ2n) is 5.86. The van der Waals surface area contributed by atoms with Gasteiger partial charge in [0.1, 0.15) is 12.4 Å². The molecule has 2 amide bonds. The third-order valence-electron chi connectivity index (χ3n) is 3.94. The molecule has 0 aromatic heterocycles. The predicted octanol–water partition coefficient (Wildman–Crippen LogP) is 1.91. The Hall–Kier alpha value is -2.18. The van der Waals surface area contributed by atoms with Gasteiger partial charge in [-0.2, -0.15) is 0 Å². The number of hydrogen-bond donors (Lipinski definition) is 0. The van der Waals surface area contributed by atoms with Gasteiger partial charge in [0.2, 0.25) is 0 Å². The average Bonchev–Trinajstić information content (AvgIpc) is 2.79. The van der Waals surface area contributed by atoms with E-state index < -0.39 is 29.5 Å².